The lowest BCUT2D eigenvalue weighted by atomic mass is 9.86. The Balaban J connectivity index is 2.39. The molecule has 0 radical (unpaired) electrons. The van der Waals surface area contributed by atoms with Crippen molar-refractivity contribution in [2.75, 3.05) is 0 Å². The average molecular weight is 261 g/mol. The normalized spacial score (nSPS) is 19.5. The van der Waals surface area contributed by atoms with Gasteiger partial charge in [0.15, 0.2) is 0 Å². The number of carbonyl (C=O) groups is 3. The van der Waals surface area contributed by atoms with Gasteiger partial charge < -0.3 is 4.74 Å². The molecule has 5 heteroatoms. The Morgan fingerprint density at radius 1 is 1.16 bits per heavy atom. The van der Waals surface area contributed by atoms with Gasteiger partial charge in [-0.05, 0) is 17.5 Å². The highest BCUT2D eigenvalue weighted by Gasteiger charge is 2.50. The SMILES string of the molecule is CC(C)(C)C1C(=O)OC(=O)N1C(=O)c1ccccc1. The number of rotatable bonds is 1. The Labute approximate surface area is 111 Å². The standard InChI is InChI=1S/C14H15NO4/c1-14(2,3)10-12(17)19-13(18)15(10)11(16)9-7-5-4-6-8-9/h4-8,10H,1-3H3. The van der Waals surface area contributed by atoms with Crippen LogP contribution in [0.1, 0.15) is 31.1 Å². The monoisotopic (exact) mass is 261 g/mol. The summed E-state index contributed by atoms with van der Waals surface area (Å²) >= 11 is 0. The first kappa shape index (κ1) is 13.3. The molecular formula is C14H15NO4. The van der Waals surface area contributed by atoms with E-state index in [9.17, 15) is 14.4 Å². The number of benzene rings is 1. The molecule has 0 saturated carbocycles. The topological polar surface area (TPSA) is 63.7 Å². The van der Waals surface area contributed by atoms with E-state index in [1.54, 1.807) is 51.1 Å². The van der Waals surface area contributed by atoms with E-state index in [1.807, 2.05) is 0 Å². The predicted octanol–water partition coefficient (Wildman–Crippen LogP) is 2.22. The second-order valence-electron chi connectivity index (χ2n) is 5.50. The van der Waals surface area contributed by atoms with Crippen molar-refractivity contribution in [1.82, 2.24) is 4.90 Å². The van der Waals surface area contributed by atoms with Crippen molar-refractivity contribution < 1.29 is 19.1 Å². The van der Waals surface area contributed by atoms with Gasteiger partial charge in [0.2, 0.25) is 0 Å². The Bertz CT molecular complexity index is 530. The minimum absolute atomic E-state index is 0.350. The number of nitrogens with zero attached hydrogens (tertiary/aromatic N) is 1. The summed E-state index contributed by atoms with van der Waals surface area (Å²) in [6, 6.07) is 7.46. The van der Waals surface area contributed by atoms with Crippen molar-refractivity contribution in [3.63, 3.8) is 0 Å². The zero-order valence-electron chi connectivity index (χ0n) is 11.0. The van der Waals surface area contributed by atoms with Crippen LogP contribution >= 0.6 is 0 Å². The molecule has 2 amide bonds. The summed E-state index contributed by atoms with van der Waals surface area (Å²) in [7, 11) is 0. The number of amides is 2. The number of ether oxygens (including phenoxy) is 1. The molecule has 1 aromatic carbocycles. The smallest absolute Gasteiger partial charge is 0.374 e. The average Bonchev–Trinajstić information content (AvgIpc) is 2.64. The Hall–Kier alpha value is -2.17. The first-order valence-corrected chi connectivity index (χ1v) is 5.96. The maximum absolute atomic E-state index is 12.3. The Morgan fingerprint density at radius 3 is 2.26 bits per heavy atom. The molecular weight excluding hydrogens is 246 g/mol. The Kier molecular flexibility index (Phi) is 3.14. The van der Waals surface area contributed by atoms with Crippen molar-refractivity contribution in [2.24, 2.45) is 5.41 Å². The van der Waals surface area contributed by atoms with Crippen molar-refractivity contribution in [3.05, 3.63) is 35.9 Å². The molecule has 1 aliphatic heterocycles. The fourth-order valence-corrected chi connectivity index (χ4v) is 2.06. The van der Waals surface area contributed by atoms with Gasteiger partial charge in [-0.25, -0.2) is 14.5 Å². The lowest BCUT2D eigenvalue weighted by Crippen LogP contribution is -2.47. The van der Waals surface area contributed by atoms with E-state index in [2.05, 4.69) is 4.74 Å². The quantitative estimate of drug-likeness (QED) is 0.574. The number of imide groups is 1. The minimum Gasteiger partial charge on any atom is -0.374 e. The second-order valence-corrected chi connectivity index (χ2v) is 5.50. The van der Waals surface area contributed by atoms with Gasteiger partial charge in [-0.1, -0.05) is 39.0 Å². The highest BCUT2D eigenvalue weighted by molar-refractivity contribution is 6.11. The van der Waals surface area contributed by atoms with E-state index in [-0.39, 0.29) is 0 Å². The van der Waals surface area contributed by atoms with Gasteiger partial charge in [0.25, 0.3) is 5.91 Å². The molecule has 1 fully saturated rings. The Morgan fingerprint density at radius 2 is 1.74 bits per heavy atom. The van der Waals surface area contributed by atoms with Crippen molar-refractivity contribution >= 4 is 18.0 Å². The van der Waals surface area contributed by atoms with Crippen LogP contribution in [0.4, 0.5) is 4.79 Å². The van der Waals surface area contributed by atoms with Crippen LogP contribution in [0.3, 0.4) is 0 Å². The molecule has 0 bridgehead atoms. The van der Waals surface area contributed by atoms with E-state index in [1.165, 1.54) is 0 Å². The molecule has 5 nitrogen and oxygen atoms in total. The highest BCUT2D eigenvalue weighted by atomic mass is 16.6. The number of carbonyl (C=O) groups excluding carboxylic acids is 3. The van der Waals surface area contributed by atoms with Gasteiger partial charge in [0.1, 0.15) is 6.04 Å². The molecule has 1 unspecified atom stereocenters. The van der Waals surface area contributed by atoms with Gasteiger partial charge in [-0.15, -0.1) is 0 Å². The van der Waals surface area contributed by atoms with Crippen LogP contribution in [-0.2, 0) is 9.53 Å². The van der Waals surface area contributed by atoms with Gasteiger partial charge in [-0.2, -0.15) is 0 Å². The predicted molar refractivity (Wildman–Crippen MR) is 67.3 cm³/mol. The van der Waals surface area contributed by atoms with Crippen LogP contribution in [0.25, 0.3) is 0 Å². The summed E-state index contributed by atoms with van der Waals surface area (Å²) < 4.78 is 4.58. The fourth-order valence-electron chi connectivity index (χ4n) is 2.06. The fraction of sp³-hybridized carbons (Fsp3) is 0.357. The van der Waals surface area contributed by atoms with Crippen molar-refractivity contribution in [3.8, 4) is 0 Å². The third-order valence-corrected chi connectivity index (χ3v) is 2.93. The third kappa shape index (κ3) is 2.36. The zero-order valence-corrected chi connectivity index (χ0v) is 11.0. The largest absolute Gasteiger partial charge is 0.425 e. The van der Waals surface area contributed by atoms with Gasteiger partial charge in [-0.3, -0.25) is 4.79 Å². The van der Waals surface area contributed by atoms with Crippen LogP contribution < -0.4 is 0 Å². The lowest BCUT2D eigenvalue weighted by molar-refractivity contribution is -0.138. The molecule has 0 spiro atoms. The number of cyclic esters (lactones) is 2. The molecule has 1 aromatic rings. The molecule has 19 heavy (non-hydrogen) atoms. The van der Waals surface area contributed by atoms with E-state index in [0.717, 1.165) is 4.90 Å². The number of hydrogen-bond acceptors (Lipinski definition) is 4. The molecule has 100 valence electrons. The van der Waals surface area contributed by atoms with Crippen LogP contribution in [-0.4, -0.2) is 28.9 Å². The molecule has 1 heterocycles. The first-order valence-electron chi connectivity index (χ1n) is 5.96. The summed E-state index contributed by atoms with van der Waals surface area (Å²) in [4.78, 5) is 36.7. The van der Waals surface area contributed by atoms with E-state index in [0.29, 0.717) is 5.56 Å². The molecule has 0 aliphatic carbocycles. The third-order valence-electron chi connectivity index (χ3n) is 2.93. The van der Waals surface area contributed by atoms with E-state index >= 15 is 0 Å². The van der Waals surface area contributed by atoms with Crippen LogP contribution in [0.15, 0.2) is 30.3 Å². The number of esters is 1. The molecule has 1 aliphatic rings. The molecule has 0 aromatic heterocycles. The van der Waals surface area contributed by atoms with Crippen LogP contribution in [0.2, 0.25) is 0 Å². The maximum atomic E-state index is 12.3. The highest BCUT2D eigenvalue weighted by Crippen LogP contribution is 2.31. The summed E-state index contributed by atoms with van der Waals surface area (Å²) in [5.41, 5.74) is -0.225. The maximum Gasteiger partial charge on any atom is 0.425 e. The van der Waals surface area contributed by atoms with E-state index in [4.69, 9.17) is 0 Å². The van der Waals surface area contributed by atoms with Crippen molar-refractivity contribution in [1.29, 1.82) is 0 Å². The minimum atomic E-state index is -0.904. The molecule has 2 rings (SSSR count). The van der Waals surface area contributed by atoms with Gasteiger partial charge in [0.05, 0.1) is 0 Å². The van der Waals surface area contributed by atoms with E-state index < -0.39 is 29.4 Å². The van der Waals surface area contributed by atoms with Gasteiger partial charge in [0, 0.05) is 5.56 Å². The zero-order chi connectivity index (χ0) is 14.2. The van der Waals surface area contributed by atoms with Crippen LogP contribution in [0, 0.1) is 5.41 Å². The molecule has 1 atom stereocenters. The lowest BCUT2D eigenvalue weighted by Gasteiger charge is -2.29. The summed E-state index contributed by atoms with van der Waals surface area (Å²) in [5, 5.41) is 0. The molecule has 0 N–H and O–H groups in total. The summed E-state index contributed by atoms with van der Waals surface area (Å²) in [6.45, 7) is 5.34. The molecule has 1 saturated heterocycles. The summed E-state index contributed by atoms with van der Waals surface area (Å²) in [6.07, 6.45) is -0.904. The van der Waals surface area contributed by atoms with Gasteiger partial charge >= 0.3 is 12.1 Å². The van der Waals surface area contributed by atoms with Crippen molar-refractivity contribution in [2.45, 2.75) is 26.8 Å². The second kappa shape index (κ2) is 4.50. The number of hydrogen-bond donors (Lipinski definition) is 0. The summed E-state index contributed by atoms with van der Waals surface area (Å²) in [5.74, 6) is -1.20. The first-order chi connectivity index (χ1) is 8.82. The van der Waals surface area contributed by atoms with Crippen LogP contribution in [0.5, 0.6) is 0 Å².